The second-order valence-corrected chi connectivity index (χ2v) is 9.76. The van der Waals surface area contributed by atoms with E-state index in [1.165, 1.54) is 0 Å². The average molecular weight is 507 g/mol. The molecule has 0 spiro atoms. The van der Waals surface area contributed by atoms with Crippen LogP contribution in [0.5, 0.6) is 5.75 Å². The number of hydrogen-bond donors (Lipinski definition) is 1. The van der Waals surface area contributed by atoms with Crippen LogP contribution in [-0.4, -0.2) is 10.9 Å². The Morgan fingerprint density at radius 2 is 1.36 bits per heavy atom. The minimum Gasteiger partial charge on any atom is -0.489 e. The highest BCUT2D eigenvalue weighted by atomic mass is 16.5. The van der Waals surface area contributed by atoms with E-state index in [0.717, 1.165) is 55.9 Å². The fourth-order valence-electron chi connectivity index (χ4n) is 5.59. The summed E-state index contributed by atoms with van der Waals surface area (Å²) in [5.41, 5.74) is 7.94. The van der Waals surface area contributed by atoms with Crippen molar-refractivity contribution >= 4 is 22.5 Å². The van der Waals surface area contributed by atoms with E-state index < -0.39 is 0 Å². The molecule has 1 aliphatic rings. The van der Waals surface area contributed by atoms with Crippen LogP contribution in [0.4, 0.5) is 5.69 Å². The van der Waals surface area contributed by atoms with Gasteiger partial charge in [-0.15, -0.1) is 0 Å². The van der Waals surface area contributed by atoms with Crippen molar-refractivity contribution in [3.05, 3.63) is 156 Å². The zero-order chi connectivity index (χ0) is 26.2. The number of nitrogens with one attached hydrogen (secondary N) is 1. The highest BCUT2D eigenvalue weighted by Crippen LogP contribution is 2.47. The van der Waals surface area contributed by atoms with Crippen LogP contribution in [0.2, 0.25) is 0 Å². The van der Waals surface area contributed by atoms with Crippen LogP contribution in [0.15, 0.2) is 133 Å². The monoisotopic (exact) mass is 506 g/mol. The highest BCUT2D eigenvalue weighted by molar-refractivity contribution is 6.13. The molecule has 2 heterocycles. The van der Waals surface area contributed by atoms with Crippen molar-refractivity contribution in [2.24, 2.45) is 0 Å². The number of amides is 1. The SMILES string of the molecule is O=C1c2ccccc2C(c2c(-c3ccccc3)[nH]c3ccccc23)N1c1ccc(OCc2ccccc2)cc1. The molecule has 7 rings (SSSR count). The third-order valence-electron chi connectivity index (χ3n) is 7.41. The third-order valence-corrected chi connectivity index (χ3v) is 7.41. The Morgan fingerprint density at radius 1 is 0.692 bits per heavy atom. The van der Waals surface area contributed by atoms with E-state index in [9.17, 15) is 4.79 Å². The average Bonchev–Trinajstić information content (AvgIpc) is 3.52. The first-order valence-electron chi connectivity index (χ1n) is 13.1. The molecule has 0 aliphatic carbocycles. The number of benzene rings is 5. The first-order valence-corrected chi connectivity index (χ1v) is 13.1. The Kier molecular flexibility index (Phi) is 5.71. The molecule has 4 nitrogen and oxygen atoms in total. The summed E-state index contributed by atoms with van der Waals surface area (Å²) in [5.74, 6) is 0.762. The number of para-hydroxylation sites is 1. The lowest BCUT2D eigenvalue weighted by molar-refractivity contribution is 0.0993. The number of aromatic nitrogens is 1. The number of rotatable bonds is 6. The van der Waals surface area contributed by atoms with E-state index in [0.29, 0.717) is 6.61 Å². The van der Waals surface area contributed by atoms with Crippen LogP contribution in [0.3, 0.4) is 0 Å². The molecule has 188 valence electrons. The van der Waals surface area contributed by atoms with Crippen LogP contribution >= 0.6 is 0 Å². The molecule has 0 saturated carbocycles. The molecule has 1 aliphatic heterocycles. The van der Waals surface area contributed by atoms with E-state index in [1.807, 2.05) is 102 Å². The van der Waals surface area contributed by atoms with Crippen LogP contribution in [0.25, 0.3) is 22.2 Å². The second kappa shape index (κ2) is 9.66. The molecule has 1 unspecified atom stereocenters. The van der Waals surface area contributed by atoms with Crippen LogP contribution in [0, 0.1) is 0 Å². The van der Waals surface area contributed by atoms with Gasteiger partial charge in [0.05, 0.1) is 11.7 Å². The fraction of sp³-hybridized carbons (Fsp3) is 0.0571. The summed E-state index contributed by atoms with van der Waals surface area (Å²) in [4.78, 5) is 19.5. The zero-order valence-corrected chi connectivity index (χ0v) is 21.2. The number of nitrogens with zero attached hydrogens (tertiary/aromatic N) is 1. The van der Waals surface area contributed by atoms with Crippen molar-refractivity contribution in [3.63, 3.8) is 0 Å². The van der Waals surface area contributed by atoms with Gasteiger partial charge in [0.15, 0.2) is 0 Å². The first-order chi connectivity index (χ1) is 19.3. The van der Waals surface area contributed by atoms with E-state index in [2.05, 4.69) is 41.4 Å². The van der Waals surface area contributed by atoms with E-state index in [1.54, 1.807) is 0 Å². The summed E-state index contributed by atoms with van der Waals surface area (Å²) >= 11 is 0. The van der Waals surface area contributed by atoms with Gasteiger partial charge in [-0.3, -0.25) is 9.69 Å². The van der Waals surface area contributed by atoms with Gasteiger partial charge < -0.3 is 9.72 Å². The lowest BCUT2D eigenvalue weighted by Crippen LogP contribution is -2.28. The van der Waals surface area contributed by atoms with Gasteiger partial charge in [-0.1, -0.05) is 97.1 Å². The lowest BCUT2D eigenvalue weighted by Gasteiger charge is -2.27. The van der Waals surface area contributed by atoms with E-state index in [-0.39, 0.29) is 11.9 Å². The van der Waals surface area contributed by atoms with E-state index >= 15 is 0 Å². The second-order valence-electron chi connectivity index (χ2n) is 9.76. The number of carbonyl (C=O) groups excluding carboxylic acids is 1. The quantitative estimate of drug-likeness (QED) is 0.248. The molecule has 1 atom stereocenters. The molecule has 0 radical (unpaired) electrons. The summed E-state index contributed by atoms with van der Waals surface area (Å²) in [5, 5.41) is 1.11. The van der Waals surface area contributed by atoms with Gasteiger partial charge in [0.2, 0.25) is 0 Å². The third kappa shape index (κ3) is 4.07. The molecule has 0 bridgehead atoms. The number of carbonyl (C=O) groups is 1. The predicted molar refractivity (Wildman–Crippen MR) is 156 cm³/mol. The standard InChI is InChI=1S/C35H26N2O2/c38-35-29-16-8-7-15-28(29)34(32-30-17-9-10-18-31(30)36-33(32)25-13-5-2-6-14-25)37(35)26-19-21-27(22-20-26)39-23-24-11-3-1-4-12-24/h1-22,34,36H,23H2. The molecule has 4 heteroatoms. The summed E-state index contributed by atoms with van der Waals surface area (Å²) in [6.45, 7) is 0.493. The molecular formula is C35H26N2O2. The Hall–Kier alpha value is -5.09. The van der Waals surface area contributed by atoms with Gasteiger partial charge in [-0.05, 0) is 53.1 Å². The summed E-state index contributed by atoms with van der Waals surface area (Å²) in [7, 11) is 0. The zero-order valence-electron chi connectivity index (χ0n) is 21.2. The van der Waals surface area contributed by atoms with Gasteiger partial charge >= 0.3 is 0 Å². The largest absolute Gasteiger partial charge is 0.489 e. The van der Waals surface area contributed by atoms with Crippen LogP contribution < -0.4 is 9.64 Å². The van der Waals surface area contributed by atoms with Crippen molar-refractivity contribution in [2.75, 3.05) is 4.90 Å². The number of H-pyrrole nitrogens is 1. The molecule has 5 aromatic carbocycles. The molecule has 1 aromatic heterocycles. The maximum absolute atomic E-state index is 14.0. The lowest BCUT2D eigenvalue weighted by atomic mass is 9.93. The topological polar surface area (TPSA) is 45.3 Å². The molecule has 6 aromatic rings. The number of aromatic amines is 1. The minimum atomic E-state index is -0.281. The maximum atomic E-state index is 14.0. The number of fused-ring (bicyclic) bond motifs is 2. The Morgan fingerprint density at radius 3 is 2.15 bits per heavy atom. The fourth-order valence-corrected chi connectivity index (χ4v) is 5.59. The van der Waals surface area contributed by atoms with Gasteiger partial charge in [-0.25, -0.2) is 0 Å². The Balaban J connectivity index is 1.33. The molecule has 1 amide bonds. The molecular weight excluding hydrogens is 480 g/mol. The first kappa shape index (κ1) is 23.1. The Labute approximate surface area is 227 Å². The number of anilines is 1. The van der Waals surface area contributed by atoms with Crippen LogP contribution in [0.1, 0.15) is 33.1 Å². The minimum absolute atomic E-state index is 0.00199. The summed E-state index contributed by atoms with van der Waals surface area (Å²) < 4.78 is 6.02. The van der Waals surface area contributed by atoms with Gasteiger partial charge in [-0.2, -0.15) is 0 Å². The van der Waals surface area contributed by atoms with Crippen molar-refractivity contribution in [1.82, 2.24) is 4.98 Å². The summed E-state index contributed by atoms with van der Waals surface area (Å²) in [6.07, 6.45) is 0. The summed E-state index contributed by atoms with van der Waals surface area (Å²) in [6, 6.07) is 44.3. The number of ether oxygens (including phenoxy) is 1. The molecule has 1 N–H and O–H groups in total. The predicted octanol–water partition coefficient (Wildman–Crippen LogP) is 8.16. The van der Waals surface area contributed by atoms with Crippen molar-refractivity contribution in [2.45, 2.75) is 12.6 Å². The maximum Gasteiger partial charge on any atom is 0.259 e. The van der Waals surface area contributed by atoms with Gasteiger partial charge in [0.1, 0.15) is 12.4 Å². The van der Waals surface area contributed by atoms with Crippen molar-refractivity contribution in [3.8, 4) is 17.0 Å². The highest BCUT2D eigenvalue weighted by Gasteiger charge is 2.41. The normalized spacial score (nSPS) is 14.5. The molecule has 39 heavy (non-hydrogen) atoms. The van der Waals surface area contributed by atoms with Gasteiger partial charge in [0.25, 0.3) is 5.91 Å². The van der Waals surface area contributed by atoms with Crippen molar-refractivity contribution in [1.29, 1.82) is 0 Å². The smallest absolute Gasteiger partial charge is 0.259 e. The number of hydrogen-bond acceptors (Lipinski definition) is 2. The van der Waals surface area contributed by atoms with Gasteiger partial charge in [0, 0.05) is 27.7 Å². The molecule has 0 saturated heterocycles. The van der Waals surface area contributed by atoms with Crippen LogP contribution in [-0.2, 0) is 6.61 Å². The Bertz CT molecular complexity index is 1770. The molecule has 0 fully saturated rings. The van der Waals surface area contributed by atoms with E-state index in [4.69, 9.17) is 4.74 Å². The van der Waals surface area contributed by atoms with Crippen molar-refractivity contribution < 1.29 is 9.53 Å².